The fourth-order valence-electron chi connectivity index (χ4n) is 6.73. The maximum absolute atomic E-state index is 2.33. The van der Waals surface area contributed by atoms with E-state index in [1.165, 1.54) is 55.6 Å². The Morgan fingerprint density at radius 3 is 0.796 bits per heavy atom. The Labute approximate surface area is 322 Å². The normalized spacial score (nSPS) is 11.4. The van der Waals surface area contributed by atoms with Crippen LogP contribution in [-0.4, -0.2) is 0 Å². The highest BCUT2D eigenvalue weighted by atomic mass is 15.1. The van der Waals surface area contributed by atoms with Crippen molar-refractivity contribution in [3.05, 3.63) is 213 Å². The van der Waals surface area contributed by atoms with Crippen molar-refractivity contribution in [2.24, 2.45) is 0 Å². The van der Waals surface area contributed by atoms with Gasteiger partial charge in [-0.3, -0.25) is 0 Å². The molecule has 7 aromatic carbocycles. The van der Waals surface area contributed by atoms with Gasteiger partial charge < -0.3 is 9.80 Å². The summed E-state index contributed by atoms with van der Waals surface area (Å²) in [7, 11) is 0. The average molecular weight is 701 g/mol. The van der Waals surface area contributed by atoms with Crippen molar-refractivity contribution in [1.82, 2.24) is 0 Å². The van der Waals surface area contributed by atoms with Gasteiger partial charge in [-0.15, -0.1) is 0 Å². The number of nitrogens with zero attached hydrogens (tertiary/aromatic N) is 2. The Hall–Kier alpha value is -6.38. The van der Waals surface area contributed by atoms with Gasteiger partial charge in [0.25, 0.3) is 0 Å². The maximum Gasteiger partial charge on any atom is 0.0464 e. The Balaban J connectivity index is 1.06. The van der Waals surface area contributed by atoms with Gasteiger partial charge in [-0.05, 0) is 148 Å². The second kappa shape index (κ2) is 16.1. The lowest BCUT2D eigenvalue weighted by Crippen LogP contribution is -2.10. The molecule has 0 heterocycles. The molecule has 0 unspecified atom stereocenters. The van der Waals surface area contributed by atoms with Crippen LogP contribution in [0.3, 0.4) is 0 Å². The van der Waals surface area contributed by atoms with Crippen LogP contribution in [0.5, 0.6) is 0 Å². The van der Waals surface area contributed by atoms with Crippen LogP contribution in [0.15, 0.2) is 158 Å². The van der Waals surface area contributed by atoms with E-state index in [2.05, 4.69) is 233 Å². The Kier molecular flexibility index (Phi) is 10.7. The largest absolute Gasteiger partial charge is 0.310 e. The smallest absolute Gasteiger partial charge is 0.0464 e. The monoisotopic (exact) mass is 700 g/mol. The summed E-state index contributed by atoms with van der Waals surface area (Å²) in [6, 6.07) is 57.2. The minimum atomic E-state index is 1.15. The molecule has 54 heavy (non-hydrogen) atoms. The van der Waals surface area contributed by atoms with E-state index in [1.54, 1.807) is 0 Å². The minimum absolute atomic E-state index is 1.15. The minimum Gasteiger partial charge on any atom is -0.310 e. The molecule has 0 aliphatic rings. The Morgan fingerprint density at radius 1 is 0.278 bits per heavy atom. The van der Waals surface area contributed by atoms with Gasteiger partial charge in [0.1, 0.15) is 0 Å². The highest BCUT2D eigenvalue weighted by Crippen LogP contribution is 2.37. The highest BCUT2D eigenvalue weighted by molar-refractivity contribution is 5.81. The summed E-state index contributed by atoms with van der Waals surface area (Å²) in [4.78, 5) is 4.65. The number of aryl methyl sites for hydroxylation is 6. The first-order valence-electron chi connectivity index (χ1n) is 18.7. The Bertz CT molecular complexity index is 2130. The molecule has 0 spiro atoms. The summed E-state index contributed by atoms with van der Waals surface area (Å²) in [5.74, 6) is 0. The third-order valence-electron chi connectivity index (χ3n) is 10.0. The van der Waals surface area contributed by atoms with E-state index < -0.39 is 0 Å². The van der Waals surface area contributed by atoms with Gasteiger partial charge >= 0.3 is 0 Å². The van der Waals surface area contributed by atoms with E-state index >= 15 is 0 Å². The summed E-state index contributed by atoms with van der Waals surface area (Å²) in [5.41, 5.74) is 19.1. The number of rotatable bonds is 10. The lowest BCUT2D eigenvalue weighted by atomic mass is 10.0. The zero-order chi connectivity index (χ0) is 37.6. The molecule has 0 aromatic heterocycles. The molecule has 266 valence electrons. The first-order valence-corrected chi connectivity index (χ1v) is 18.7. The van der Waals surface area contributed by atoms with Crippen LogP contribution in [0.2, 0.25) is 0 Å². The van der Waals surface area contributed by atoms with Gasteiger partial charge in [0.05, 0.1) is 0 Å². The lowest BCUT2D eigenvalue weighted by molar-refractivity contribution is 1.25. The number of benzene rings is 7. The second-order valence-corrected chi connectivity index (χ2v) is 14.4. The zero-order valence-electron chi connectivity index (χ0n) is 32.2. The van der Waals surface area contributed by atoms with Gasteiger partial charge in [0, 0.05) is 34.1 Å². The van der Waals surface area contributed by atoms with Crippen molar-refractivity contribution in [2.45, 2.75) is 41.5 Å². The van der Waals surface area contributed by atoms with Crippen LogP contribution in [0, 0.1) is 41.5 Å². The van der Waals surface area contributed by atoms with E-state index in [9.17, 15) is 0 Å². The fraction of sp³-hybridized carbons (Fsp3) is 0.115. The molecule has 0 aliphatic heterocycles. The molecule has 7 aromatic rings. The summed E-state index contributed by atoms with van der Waals surface area (Å²) in [5, 5.41) is 0. The summed E-state index contributed by atoms with van der Waals surface area (Å²) in [6.07, 6.45) is 8.83. The van der Waals surface area contributed by atoms with Crippen molar-refractivity contribution < 1.29 is 0 Å². The molecule has 0 N–H and O–H groups in total. The molecule has 0 bridgehead atoms. The summed E-state index contributed by atoms with van der Waals surface area (Å²) >= 11 is 0. The number of anilines is 6. The molecule has 7 rings (SSSR count). The van der Waals surface area contributed by atoms with Crippen LogP contribution in [-0.2, 0) is 0 Å². The molecule has 0 atom stereocenters. The molecular formula is C52H48N2. The van der Waals surface area contributed by atoms with Gasteiger partial charge in [0.2, 0.25) is 0 Å². The second-order valence-electron chi connectivity index (χ2n) is 14.4. The molecule has 2 nitrogen and oxygen atoms in total. The SMILES string of the molecule is Cc1ccc(N(c2ccc(C)cc2)c2ccc(/C=C/c3ccc(/C=C/c4ccc(N(c5ccc(C)cc5)c5ccc(C)cc5)cc4C)cc3)c(C)c2)cc1. The average Bonchev–Trinajstić information content (AvgIpc) is 3.18. The van der Waals surface area contributed by atoms with Crippen LogP contribution in [0.4, 0.5) is 34.1 Å². The molecular weight excluding hydrogens is 653 g/mol. The van der Waals surface area contributed by atoms with Gasteiger partial charge in [-0.2, -0.15) is 0 Å². The van der Waals surface area contributed by atoms with E-state index in [0.29, 0.717) is 0 Å². The van der Waals surface area contributed by atoms with Gasteiger partial charge in [-0.25, -0.2) is 0 Å². The molecule has 0 saturated heterocycles. The topological polar surface area (TPSA) is 6.48 Å². The van der Waals surface area contributed by atoms with Crippen LogP contribution >= 0.6 is 0 Å². The number of hydrogen-bond donors (Lipinski definition) is 0. The van der Waals surface area contributed by atoms with E-state index in [0.717, 1.165) is 34.1 Å². The third-order valence-corrected chi connectivity index (χ3v) is 10.0. The van der Waals surface area contributed by atoms with Crippen molar-refractivity contribution in [3.63, 3.8) is 0 Å². The number of hydrogen-bond acceptors (Lipinski definition) is 2. The van der Waals surface area contributed by atoms with Gasteiger partial charge in [-0.1, -0.05) is 131 Å². The Morgan fingerprint density at radius 2 is 0.537 bits per heavy atom. The van der Waals surface area contributed by atoms with E-state index in [1.807, 2.05) is 0 Å². The van der Waals surface area contributed by atoms with E-state index in [4.69, 9.17) is 0 Å². The summed E-state index contributed by atoms with van der Waals surface area (Å²) < 4.78 is 0. The molecule has 0 fully saturated rings. The first kappa shape index (κ1) is 36.0. The van der Waals surface area contributed by atoms with Crippen LogP contribution in [0.25, 0.3) is 24.3 Å². The molecule has 0 amide bonds. The molecule has 2 heteroatoms. The lowest BCUT2D eigenvalue weighted by Gasteiger charge is -2.26. The first-order chi connectivity index (χ1) is 26.2. The third kappa shape index (κ3) is 8.46. The fourth-order valence-corrected chi connectivity index (χ4v) is 6.73. The summed E-state index contributed by atoms with van der Waals surface area (Å²) in [6.45, 7) is 12.9. The molecule has 0 saturated carbocycles. The van der Waals surface area contributed by atoms with Crippen molar-refractivity contribution >= 4 is 58.4 Å². The van der Waals surface area contributed by atoms with Crippen molar-refractivity contribution in [3.8, 4) is 0 Å². The molecule has 0 aliphatic carbocycles. The predicted molar refractivity (Wildman–Crippen MR) is 235 cm³/mol. The van der Waals surface area contributed by atoms with Crippen molar-refractivity contribution in [1.29, 1.82) is 0 Å². The van der Waals surface area contributed by atoms with Crippen LogP contribution in [0.1, 0.15) is 55.6 Å². The zero-order valence-corrected chi connectivity index (χ0v) is 32.2. The quantitative estimate of drug-likeness (QED) is 0.131. The standard InChI is InChI=1S/C52H48N2/c1-37-7-25-47(26-8-37)53(48-27-9-38(2)10-28-48)51-33-23-45(41(5)35-51)21-19-43-15-17-44(18-16-43)20-22-46-24-34-52(36-42(46)6)54(49-29-11-39(3)12-30-49)50-31-13-40(4)14-32-50/h7-36H,1-6H3/b21-19+,22-20+. The highest BCUT2D eigenvalue weighted by Gasteiger charge is 2.15. The van der Waals surface area contributed by atoms with E-state index in [-0.39, 0.29) is 0 Å². The molecule has 0 radical (unpaired) electrons. The van der Waals surface area contributed by atoms with Crippen molar-refractivity contribution in [2.75, 3.05) is 9.80 Å². The van der Waals surface area contributed by atoms with Gasteiger partial charge in [0.15, 0.2) is 0 Å². The van der Waals surface area contributed by atoms with Crippen LogP contribution < -0.4 is 9.80 Å². The predicted octanol–water partition coefficient (Wildman–Crippen LogP) is 14.8. The maximum atomic E-state index is 2.33.